The van der Waals surface area contributed by atoms with Gasteiger partial charge >= 0.3 is 11.9 Å². The summed E-state index contributed by atoms with van der Waals surface area (Å²) < 4.78 is 11.7. The maximum Gasteiger partial charge on any atom is 0.338 e. The van der Waals surface area contributed by atoms with Crippen LogP contribution < -0.4 is 0 Å². The molecule has 4 saturated carbocycles. The lowest BCUT2D eigenvalue weighted by Crippen LogP contribution is -2.79. The first-order valence-corrected chi connectivity index (χ1v) is 18.3. The van der Waals surface area contributed by atoms with Crippen molar-refractivity contribution in [2.24, 2.45) is 39.4 Å². The van der Waals surface area contributed by atoms with Gasteiger partial charge in [0.2, 0.25) is 0 Å². The van der Waals surface area contributed by atoms with E-state index >= 15 is 0 Å². The number of rotatable bonds is 8. The molecule has 11 nitrogen and oxygen atoms in total. The molecule has 51 heavy (non-hydrogen) atoms. The summed E-state index contributed by atoms with van der Waals surface area (Å²) in [6.07, 6.45) is -5.62. The van der Waals surface area contributed by atoms with Crippen LogP contribution in [0, 0.1) is 39.4 Å². The molecule has 0 spiro atoms. The highest BCUT2D eigenvalue weighted by atomic mass is 35.5. The Hall–Kier alpha value is -2.41. The van der Waals surface area contributed by atoms with E-state index in [-0.39, 0.29) is 49.9 Å². The second-order valence-electron chi connectivity index (χ2n) is 17.9. The summed E-state index contributed by atoms with van der Waals surface area (Å²) in [5.41, 5.74) is -9.59. The number of esters is 2. The van der Waals surface area contributed by atoms with E-state index in [0.717, 1.165) is 0 Å². The summed E-state index contributed by atoms with van der Waals surface area (Å²) in [5.74, 6) is -4.81. The van der Waals surface area contributed by atoms with Crippen molar-refractivity contribution in [3.63, 3.8) is 0 Å². The van der Waals surface area contributed by atoms with Crippen LogP contribution in [0.3, 0.4) is 0 Å². The highest BCUT2D eigenvalue weighted by Crippen LogP contribution is 2.76. The van der Waals surface area contributed by atoms with Gasteiger partial charge in [0.15, 0.2) is 5.78 Å². The Labute approximate surface area is 305 Å². The Morgan fingerprint density at radius 3 is 2.16 bits per heavy atom. The van der Waals surface area contributed by atoms with E-state index in [4.69, 9.17) is 21.1 Å². The third-order valence-corrected chi connectivity index (χ3v) is 14.5. The molecule has 12 atom stereocenters. The summed E-state index contributed by atoms with van der Waals surface area (Å²) in [4.78, 5) is 54.2. The predicted molar refractivity (Wildman–Crippen MR) is 186 cm³/mol. The quantitative estimate of drug-likeness (QED) is 0.241. The molecule has 5 N–H and O–H groups in total. The maximum absolute atomic E-state index is 15.0. The lowest BCUT2D eigenvalue weighted by Gasteiger charge is -2.71. The number of ketones is 2. The van der Waals surface area contributed by atoms with Gasteiger partial charge in [0.1, 0.15) is 22.6 Å². The number of hydrogen-bond donors (Lipinski definition) is 5. The third-order valence-electron chi connectivity index (χ3n) is 14.3. The zero-order valence-corrected chi connectivity index (χ0v) is 31.9. The SMILES string of the molecule is CC(=O)OC(C)(C)CCC(=O)[C@](C)(O)C1[C@H](O)C[C@@]2(C)[C@@H]3C[C@@H](O)[C@]4(OC(=O)c5cccc(Cl)c5)[C@@H](C[C@H](O)[C@@H](O)C4(C)C)[C@]3(C)C(=O)C[C@]12C. The topological polar surface area (TPSA) is 188 Å². The Kier molecular flexibility index (Phi) is 9.82. The number of benzene rings is 1. The molecule has 0 bridgehead atoms. The van der Waals surface area contributed by atoms with E-state index < -0.39 is 98.4 Å². The molecular formula is C39H55ClO11. The van der Waals surface area contributed by atoms with Crippen molar-refractivity contribution >= 4 is 35.1 Å². The molecule has 4 aliphatic carbocycles. The van der Waals surface area contributed by atoms with Crippen LogP contribution in [0.5, 0.6) is 0 Å². The smallest absolute Gasteiger partial charge is 0.338 e. The summed E-state index contributed by atoms with van der Waals surface area (Å²) in [6.45, 7) is 14.7. The fourth-order valence-corrected chi connectivity index (χ4v) is 11.8. The summed E-state index contributed by atoms with van der Waals surface area (Å²) >= 11 is 6.19. The molecule has 0 amide bonds. The van der Waals surface area contributed by atoms with Crippen LogP contribution in [0.15, 0.2) is 24.3 Å². The second-order valence-corrected chi connectivity index (χ2v) is 18.3. The molecule has 284 valence electrons. The number of Topliss-reactive ketones (excluding diaryl/α,β-unsaturated/α-hetero) is 2. The van der Waals surface area contributed by atoms with Gasteiger partial charge in [-0.05, 0) is 81.4 Å². The second kappa shape index (κ2) is 12.6. The van der Waals surface area contributed by atoms with Gasteiger partial charge in [0, 0.05) is 47.5 Å². The predicted octanol–water partition coefficient (Wildman–Crippen LogP) is 4.20. The normalized spacial score (nSPS) is 41.4. The fraction of sp³-hybridized carbons (Fsp3) is 0.744. The highest BCUT2D eigenvalue weighted by Gasteiger charge is 2.80. The first-order valence-electron chi connectivity index (χ1n) is 17.9. The van der Waals surface area contributed by atoms with Gasteiger partial charge in [-0.3, -0.25) is 14.4 Å². The fourth-order valence-electron chi connectivity index (χ4n) is 11.6. The Bertz CT molecular complexity index is 1600. The molecule has 4 aliphatic rings. The third kappa shape index (κ3) is 5.71. The lowest BCUT2D eigenvalue weighted by molar-refractivity contribution is -0.312. The highest BCUT2D eigenvalue weighted by molar-refractivity contribution is 6.30. The number of carbonyl (C=O) groups excluding carboxylic acids is 4. The number of ether oxygens (including phenoxy) is 2. The number of hydrogen-bond acceptors (Lipinski definition) is 11. The number of aliphatic hydroxyl groups excluding tert-OH is 4. The molecule has 5 rings (SSSR count). The molecule has 4 fully saturated rings. The number of halogens is 1. The average molecular weight is 735 g/mol. The van der Waals surface area contributed by atoms with Crippen LogP contribution >= 0.6 is 11.6 Å². The first-order chi connectivity index (χ1) is 23.2. The standard InChI is InChI=1S/C39H55ClO11/c1-20(41)50-33(2,3)14-13-27(44)38(9,49)30-24(43)18-35(6)25-17-28(45)39(51-32(48)21-11-10-12-22(40)15-21)26(16-23(42)31(47)34(39,4)5)37(25,8)29(46)19-36(30,35)7/h10-12,15,23-26,28,30-31,42-43,45,47,49H,13-14,16-19H2,1-9H3/t23-,24+,25-,26-,28+,30?,31+,35-,36+,37+,38-,39+/m0/s1. The van der Waals surface area contributed by atoms with E-state index in [9.17, 15) is 44.7 Å². The number of fused-ring (bicyclic) bond motifs is 5. The molecule has 0 aromatic heterocycles. The van der Waals surface area contributed by atoms with E-state index in [2.05, 4.69) is 0 Å². The average Bonchev–Trinajstić information content (AvgIpc) is 3.21. The van der Waals surface area contributed by atoms with Crippen LogP contribution in [0.1, 0.15) is 111 Å². The van der Waals surface area contributed by atoms with Crippen molar-refractivity contribution in [2.75, 3.05) is 0 Å². The van der Waals surface area contributed by atoms with Crippen LogP contribution in [0.4, 0.5) is 0 Å². The minimum absolute atomic E-state index is 0.0635. The van der Waals surface area contributed by atoms with Crippen LogP contribution in [0.2, 0.25) is 5.02 Å². The van der Waals surface area contributed by atoms with Gasteiger partial charge in [-0.2, -0.15) is 0 Å². The van der Waals surface area contributed by atoms with Crippen molar-refractivity contribution < 1.29 is 54.2 Å². The van der Waals surface area contributed by atoms with E-state index in [0.29, 0.717) is 5.02 Å². The minimum Gasteiger partial charge on any atom is -0.460 e. The zero-order valence-electron chi connectivity index (χ0n) is 31.2. The summed E-state index contributed by atoms with van der Waals surface area (Å²) in [5, 5.41) is 59.2. The molecule has 0 saturated heterocycles. The van der Waals surface area contributed by atoms with Crippen LogP contribution in [-0.4, -0.2) is 90.3 Å². The molecule has 1 aromatic rings. The minimum atomic E-state index is -2.07. The molecule has 12 heteroatoms. The van der Waals surface area contributed by atoms with Gasteiger partial charge in [-0.1, -0.05) is 52.3 Å². The van der Waals surface area contributed by atoms with Gasteiger partial charge in [-0.25, -0.2) is 4.79 Å². The lowest BCUT2D eigenvalue weighted by atomic mass is 9.35. The first kappa shape index (κ1) is 39.8. The van der Waals surface area contributed by atoms with Crippen molar-refractivity contribution in [3.05, 3.63) is 34.9 Å². The van der Waals surface area contributed by atoms with Crippen molar-refractivity contribution in [3.8, 4) is 0 Å². The monoisotopic (exact) mass is 734 g/mol. The van der Waals surface area contributed by atoms with Crippen molar-refractivity contribution in [1.82, 2.24) is 0 Å². The van der Waals surface area contributed by atoms with E-state index in [1.54, 1.807) is 46.8 Å². The van der Waals surface area contributed by atoms with Crippen LogP contribution in [-0.2, 0) is 23.9 Å². The molecule has 0 radical (unpaired) electrons. The zero-order chi connectivity index (χ0) is 38.5. The molecular weight excluding hydrogens is 680 g/mol. The maximum atomic E-state index is 15.0. The van der Waals surface area contributed by atoms with E-state index in [1.165, 1.54) is 26.0 Å². The summed E-state index contributed by atoms with van der Waals surface area (Å²) in [6, 6.07) is 6.13. The Balaban J connectivity index is 1.57. The molecule has 1 unspecified atom stereocenters. The van der Waals surface area contributed by atoms with E-state index in [1.807, 2.05) is 13.8 Å². The van der Waals surface area contributed by atoms with Gasteiger partial charge in [0.25, 0.3) is 0 Å². The summed E-state index contributed by atoms with van der Waals surface area (Å²) in [7, 11) is 0. The van der Waals surface area contributed by atoms with Crippen LogP contribution in [0.25, 0.3) is 0 Å². The molecule has 1 aromatic carbocycles. The van der Waals surface area contributed by atoms with Gasteiger partial charge in [-0.15, -0.1) is 0 Å². The molecule has 0 aliphatic heterocycles. The Morgan fingerprint density at radius 1 is 0.941 bits per heavy atom. The van der Waals surface area contributed by atoms with Gasteiger partial charge in [0.05, 0.1) is 30.0 Å². The van der Waals surface area contributed by atoms with Crippen molar-refractivity contribution in [1.29, 1.82) is 0 Å². The number of carbonyl (C=O) groups is 4. The van der Waals surface area contributed by atoms with Crippen molar-refractivity contribution in [2.45, 2.75) is 142 Å². The number of aliphatic hydroxyl groups is 5. The molecule has 0 heterocycles. The largest absolute Gasteiger partial charge is 0.460 e. The van der Waals surface area contributed by atoms with Gasteiger partial charge < -0.3 is 35.0 Å². The Morgan fingerprint density at radius 2 is 1.57 bits per heavy atom.